The van der Waals surface area contributed by atoms with E-state index in [4.69, 9.17) is 13.3 Å². The molecule has 1 aromatic heterocycles. The summed E-state index contributed by atoms with van der Waals surface area (Å²) in [6, 6.07) is 15.4. The Kier molecular flexibility index (Phi) is 9.31. The van der Waals surface area contributed by atoms with Crippen LogP contribution in [-0.4, -0.2) is 31.2 Å². The number of ketones is 1. The second-order valence-electron chi connectivity index (χ2n) is 11.0. The van der Waals surface area contributed by atoms with E-state index in [1.165, 1.54) is 6.07 Å². The number of halogens is 1. The largest absolute Gasteiger partial charge is 0.478 e. The van der Waals surface area contributed by atoms with Crippen LogP contribution in [0.15, 0.2) is 74.4 Å². The van der Waals surface area contributed by atoms with Crippen LogP contribution in [0.2, 0.25) is 0 Å². The minimum Gasteiger partial charge on any atom is -0.478 e. The van der Waals surface area contributed by atoms with Gasteiger partial charge in [-0.05, 0) is 86.2 Å². The Morgan fingerprint density at radius 2 is 1.71 bits per heavy atom. The monoisotopic (exact) mass is 694 g/mol. The molecule has 1 fully saturated rings. The molecule has 0 aliphatic heterocycles. The number of ether oxygens (including phenoxy) is 1. The Balaban J connectivity index is 1.51. The molecule has 1 aliphatic rings. The van der Waals surface area contributed by atoms with E-state index >= 15 is 0 Å². The first-order chi connectivity index (χ1) is 21.4. The first-order valence-corrected chi connectivity index (χ1v) is 16.6. The minimum absolute atomic E-state index is 0.0221. The fourth-order valence-electron chi connectivity index (χ4n) is 5.79. The van der Waals surface area contributed by atoms with E-state index in [1.807, 2.05) is 31.2 Å². The van der Waals surface area contributed by atoms with E-state index in [9.17, 15) is 27.9 Å². The molecule has 0 bridgehead atoms. The van der Waals surface area contributed by atoms with Crippen LogP contribution in [0.4, 0.5) is 0 Å². The molecule has 0 radical (unpaired) electrons. The van der Waals surface area contributed by atoms with Crippen LogP contribution >= 0.6 is 15.9 Å². The Labute approximate surface area is 269 Å². The number of hydrogen-bond acceptors (Lipinski definition) is 8. The number of aryl methyl sites for hydroxylation is 1. The number of rotatable bonds is 10. The van der Waals surface area contributed by atoms with Crippen molar-refractivity contribution in [3.05, 3.63) is 110 Å². The van der Waals surface area contributed by atoms with Gasteiger partial charge in [0.1, 0.15) is 22.2 Å². The third kappa shape index (κ3) is 6.89. The summed E-state index contributed by atoms with van der Waals surface area (Å²) in [5.74, 6) is -1.65. The van der Waals surface area contributed by atoms with Gasteiger partial charge >= 0.3 is 22.1 Å². The summed E-state index contributed by atoms with van der Waals surface area (Å²) in [5.41, 5.74) is 3.10. The maximum Gasteiger partial charge on any atom is 0.342 e. The quantitative estimate of drug-likeness (QED) is 0.0773. The first-order valence-electron chi connectivity index (χ1n) is 14.4. The van der Waals surface area contributed by atoms with Gasteiger partial charge in [0.25, 0.3) is 0 Å². The van der Waals surface area contributed by atoms with E-state index in [0.29, 0.717) is 34.6 Å². The number of carboxylic acid groups (broad SMARTS) is 1. The van der Waals surface area contributed by atoms with Crippen LogP contribution in [0.3, 0.4) is 0 Å². The van der Waals surface area contributed by atoms with Crippen LogP contribution in [0, 0.1) is 13.8 Å². The van der Waals surface area contributed by atoms with Gasteiger partial charge in [0.05, 0.1) is 11.1 Å². The average molecular weight is 696 g/mol. The lowest BCUT2D eigenvalue weighted by Crippen LogP contribution is -2.15. The molecule has 0 unspecified atom stereocenters. The molecule has 5 rings (SSSR count). The molecule has 11 heteroatoms. The van der Waals surface area contributed by atoms with Crippen LogP contribution < -0.4 is 8.92 Å². The molecule has 45 heavy (non-hydrogen) atoms. The first kappa shape index (κ1) is 32.2. The number of furan rings is 1. The highest BCUT2D eigenvalue weighted by Crippen LogP contribution is 2.40. The lowest BCUT2D eigenvalue weighted by atomic mass is 9.88. The Bertz CT molecular complexity index is 1920. The Morgan fingerprint density at radius 3 is 2.38 bits per heavy atom. The van der Waals surface area contributed by atoms with Crippen molar-refractivity contribution in [1.82, 2.24) is 0 Å². The van der Waals surface area contributed by atoms with Crippen molar-refractivity contribution < 1.29 is 41.2 Å². The van der Waals surface area contributed by atoms with E-state index < -0.39 is 32.7 Å². The maximum absolute atomic E-state index is 14.1. The second-order valence-corrected chi connectivity index (χ2v) is 13.4. The van der Waals surface area contributed by atoms with Gasteiger partial charge in [0, 0.05) is 28.9 Å². The zero-order valence-electron chi connectivity index (χ0n) is 24.9. The van der Waals surface area contributed by atoms with Crippen LogP contribution in [0.5, 0.6) is 11.5 Å². The lowest BCUT2D eigenvalue weighted by Gasteiger charge is -2.17. The number of esters is 1. The number of carbonyl (C=O) groups is 3. The van der Waals surface area contributed by atoms with Crippen LogP contribution in [0.25, 0.3) is 0 Å². The van der Waals surface area contributed by atoms with Gasteiger partial charge in [-0.2, -0.15) is 8.42 Å². The molecule has 0 spiro atoms. The molecular formula is C34H31BrO9S. The van der Waals surface area contributed by atoms with Gasteiger partial charge in [0.15, 0.2) is 11.5 Å². The van der Waals surface area contributed by atoms with Crippen molar-refractivity contribution in [1.29, 1.82) is 0 Å². The topological polar surface area (TPSA) is 137 Å². The number of hydrogen-bond donors (Lipinski definition) is 1. The van der Waals surface area contributed by atoms with Crippen molar-refractivity contribution in [3.8, 4) is 11.5 Å². The molecule has 1 saturated carbocycles. The predicted molar refractivity (Wildman–Crippen MR) is 169 cm³/mol. The van der Waals surface area contributed by atoms with Gasteiger partial charge in [-0.1, -0.05) is 47.0 Å². The van der Waals surface area contributed by atoms with Crippen LogP contribution in [-0.2, 0) is 21.3 Å². The molecule has 1 heterocycles. The van der Waals surface area contributed by atoms with E-state index in [1.54, 1.807) is 19.1 Å². The summed E-state index contributed by atoms with van der Waals surface area (Å²) in [6.07, 6.45) is 4.12. The van der Waals surface area contributed by atoms with Crippen molar-refractivity contribution >= 4 is 43.8 Å². The summed E-state index contributed by atoms with van der Waals surface area (Å²) in [7, 11) is -4.57. The molecule has 234 valence electrons. The SMILES string of the molecule is CC(=O)Oc1cc(C(=O)O)ccc1S(=O)(=O)Oc1ccc(C(=O)c2c(C)oc(Cc3ccccc3Br)c2C)c(C2CCCC2)c1. The third-order valence-electron chi connectivity index (χ3n) is 7.94. The highest BCUT2D eigenvalue weighted by atomic mass is 79.9. The van der Waals surface area contributed by atoms with E-state index in [-0.39, 0.29) is 23.0 Å². The summed E-state index contributed by atoms with van der Waals surface area (Å²) >= 11 is 3.57. The molecule has 0 amide bonds. The molecule has 1 aliphatic carbocycles. The van der Waals surface area contributed by atoms with Gasteiger partial charge in [0.2, 0.25) is 0 Å². The van der Waals surface area contributed by atoms with E-state index in [0.717, 1.165) is 66.4 Å². The molecule has 3 aromatic carbocycles. The Morgan fingerprint density at radius 1 is 1.00 bits per heavy atom. The van der Waals surface area contributed by atoms with Crippen molar-refractivity contribution in [2.24, 2.45) is 0 Å². The van der Waals surface area contributed by atoms with E-state index in [2.05, 4.69) is 15.9 Å². The average Bonchev–Trinajstić information content (AvgIpc) is 3.61. The Hall–Kier alpha value is -4.22. The van der Waals surface area contributed by atoms with Crippen molar-refractivity contribution in [3.63, 3.8) is 0 Å². The number of carbonyl (C=O) groups excluding carboxylic acids is 2. The van der Waals surface area contributed by atoms with Crippen molar-refractivity contribution in [2.75, 3.05) is 0 Å². The fourth-order valence-corrected chi connectivity index (χ4v) is 7.25. The second kappa shape index (κ2) is 13.0. The fraction of sp³-hybridized carbons (Fsp3) is 0.265. The normalized spacial score (nSPS) is 13.5. The van der Waals surface area contributed by atoms with Crippen molar-refractivity contribution in [2.45, 2.75) is 63.7 Å². The van der Waals surface area contributed by atoms with Gasteiger partial charge in [-0.3, -0.25) is 9.59 Å². The molecule has 9 nitrogen and oxygen atoms in total. The zero-order chi connectivity index (χ0) is 32.5. The van der Waals surface area contributed by atoms with Gasteiger partial charge in [-0.25, -0.2) is 4.79 Å². The highest BCUT2D eigenvalue weighted by molar-refractivity contribution is 9.10. The van der Waals surface area contributed by atoms with Gasteiger partial charge in [-0.15, -0.1) is 0 Å². The van der Waals surface area contributed by atoms with Crippen LogP contribution in [0.1, 0.15) is 93.0 Å². The number of aromatic carboxylic acids is 1. The third-order valence-corrected chi connectivity index (χ3v) is 10.0. The molecule has 0 saturated heterocycles. The summed E-state index contributed by atoms with van der Waals surface area (Å²) < 4.78 is 44.3. The summed E-state index contributed by atoms with van der Waals surface area (Å²) in [6.45, 7) is 4.70. The van der Waals surface area contributed by atoms with Gasteiger partial charge < -0.3 is 18.4 Å². The molecular weight excluding hydrogens is 664 g/mol. The number of benzene rings is 3. The summed E-state index contributed by atoms with van der Waals surface area (Å²) in [4.78, 5) is 36.7. The summed E-state index contributed by atoms with van der Waals surface area (Å²) in [5, 5.41) is 9.32. The molecule has 0 atom stereocenters. The molecule has 1 N–H and O–H groups in total. The lowest BCUT2D eigenvalue weighted by molar-refractivity contribution is -0.132. The maximum atomic E-state index is 14.1. The zero-order valence-corrected chi connectivity index (χ0v) is 27.3. The predicted octanol–water partition coefficient (Wildman–Crippen LogP) is 7.53. The smallest absolute Gasteiger partial charge is 0.342 e. The highest BCUT2D eigenvalue weighted by Gasteiger charge is 2.30. The standard InChI is InChI=1S/C34H31BrO9S/c1-19-29(16-23-10-6-7-11-28(23)35)42-20(2)32(19)33(37)26-14-13-25(18-27(26)22-8-4-5-9-22)44-45(40,41)31-15-12-24(34(38)39)17-30(31)43-21(3)36/h6-7,10-15,17-18,22H,4-5,8-9,16H2,1-3H3,(H,38,39). The number of carboxylic acids is 1. The minimum atomic E-state index is -4.57. The molecule has 4 aromatic rings.